The molecule has 0 atom stereocenters. The molecule has 1 aromatic carbocycles. The average molecular weight is 314 g/mol. The van der Waals surface area contributed by atoms with Crippen molar-refractivity contribution in [3.8, 4) is 0 Å². The van der Waals surface area contributed by atoms with Gasteiger partial charge in [0.05, 0.1) is 5.69 Å². The molecule has 1 N–H and O–H groups in total. The van der Waals surface area contributed by atoms with Crippen LogP contribution < -0.4 is 5.32 Å². The Hall–Kier alpha value is -1.39. The van der Waals surface area contributed by atoms with Gasteiger partial charge in [0, 0.05) is 17.0 Å². The maximum absolute atomic E-state index is 13.7. The predicted molar refractivity (Wildman–Crippen MR) is 80.5 cm³/mol. The van der Waals surface area contributed by atoms with E-state index >= 15 is 0 Å². The average Bonchev–Trinajstić information content (AvgIpc) is 2.40. The molecule has 1 heterocycles. The van der Waals surface area contributed by atoms with Crippen LogP contribution in [0.5, 0.6) is 0 Å². The normalized spacial score (nSPS) is 10.7. The zero-order chi connectivity index (χ0) is 14.7. The Morgan fingerprint density at radius 2 is 2.00 bits per heavy atom. The minimum absolute atomic E-state index is 0.262. The fourth-order valence-corrected chi connectivity index (χ4v) is 2.07. The van der Waals surface area contributed by atoms with Crippen LogP contribution in [0, 0.1) is 12.7 Å². The van der Waals surface area contributed by atoms with Crippen LogP contribution in [0.25, 0.3) is 0 Å². The van der Waals surface area contributed by atoms with Gasteiger partial charge in [-0.25, -0.2) is 14.4 Å². The van der Waals surface area contributed by atoms with E-state index in [9.17, 15) is 4.39 Å². The Kier molecular flexibility index (Phi) is 4.78. The monoisotopic (exact) mass is 313 g/mol. The molecule has 1 aromatic heterocycles. The molecule has 0 aliphatic carbocycles. The number of anilines is 2. The molecule has 0 saturated heterocycles. The van der Waals surface area contributed by atoms with E-state index < -0.39 is 5.82 Å². The Morgan fingerprint density at radius 3 is 2.70 bits per heavy atom. The minimum atomic E-state index is -0.402. The van der Waals surface area contributed by atoms with Gasteiger partial charge in [0.15, 0.2) is 0 Å². The van der Waals surface area contributed by atoms with Crippen LogP contribution in [0.15, 0.2) is 18.2 Å². The van der Waals surface area contributed by atoms with Gasteiger partial charge in [-0.1, -0.05) is 30.1 Å². The van der Waals surface area contributed by atoms with Gasteiger partial charge in [0.25, 0.3) is 0 Å². The number of benzene rings is 1. The van der Waals surface area contributed by atoms with Gasteiger partial charge < -0.3 is 5.32 Å². The number of nitrogens with zero attached hydrogens (tertiary/aromatic N) is 2. The van der Waals surface area contributed by atoms with Crippen molar-refractivity contribution < 1.29 is 4.39 Å². The molecule has 20 heavy (non-hydrogen) atoms. The molecule has 106 valence electrons. The number of nitrogens with one attached hydrogen (secondary N) is 1. The van der Waals surface area contributed by atoms with E-state index in [0.29, 0.717) is 33.8 Å². The number of hydrogen-bond donors (Lipinski definition) is 1. The first kappa shape index (κ1) is 15.0. The molecule has 0 aliphatic rings. The lowest BCUT2D eigenvalue weighted by molar-refractivity contribution is 0.631. The van der Waals surface area contributed by atoms with Crippen molar-refractivity contribution in [2.75, 3.05) is 5.32 Å². The van der Waals surface area contributed by atoms with Crippen molar-refractivity contribution in [2.24, 2.45) is 0 Å². The molecule has 6 heteroatoms. The van der Waals surface area contributed by atoms with Gasteiger partial charge >= 0.3 is 0 Å². The lowest BCUT2D eigenvalue weighted by atomic mass is 10.2. The molecule has 0 spiro atoms. The second kappa shape index (κ2) is 6.37. The standard InChI is InChI=1S/C14H14Cl2FN3/c1-3-4-12-19-13(16)8(2)14(20-12)18-11-7-9(15)5-6-10(11)17/h5-7H,3-4H2,1-2H3,(H,18,19,20). The Balaban J connectivity index is 2.39. The molecule has 0 saturated carbocycles. The highest BCUT2D eigenvalue weighted by Crippen LogP contribution is 2.27. The summed E-state index contributed by atoms with van der Waals surface area (Å²) in [6.45, 7) is 3.81. The van der Waals surface area contributed by atoms with Crippen LogP contribution in [0.1, 0.15) is 24.7 Å². The lowest BCUT2D eigenvalue weighted by Gasteiger charge is -2.12. The third kappa shape index (κ3) is 3.38. The van der Waals surface area contributed by atoms with Gasteiger partial charge in [-0.3, -0.25) is 0 Å². The zero-order valence-electron chi connectivity index (χ0n) is 11.2. The Morgan fingerprint density at radius 1 is 1.25 bits per heavy atom. The molecule has 2 aromatic rings. The predicted octanol–water partition coefficient (Wildman–Crippen LogP) is 4.93. The number of hydrogen-bond acceptors (Lipinski definition) is 3. The summed E-state index contributed by atoms with van der Waals surface area (Å²) in [5, 5.41) is 3.74. The van der Waals surface area contributed by atoms with Crippen molar-refractivity contribution in [3.05, 3.63) is 45.6 Å². The first-order valence-corrected chi connectivity index (χ1v) is 7.02. The SMILES string of the molecule is CCCc1nc(Cl)c(C)c(Nc2cc(Cl)ccc2F)n1. The summed E-state index contributed by atoms with van der Waals surface area (Å²) in [6.07, 6.45) is 1.62. The number of aromatic nitrogens is 2. The highest BCUT2D eigenvalue weighted by molar-refractivity contribution is 6.31. The maximum atomic E-state index is 13.7. The van der Waals surface area contributed by atoms with Crippen molar-refractivity contribution in [1.29, 1.82) is 0 Å². The van der Waals surface area contributed by atoms with E-state index in [1.807, 2.05) is 6.92 Å². The summed E-state index contributed by atoms with van der Waals surface area (Å²) in [6, 6.07) is 4.30. The van der Waals surface area contributed by atoms with Crippen molar-refractivity contribution in [3.63, 3.8) is 0 Å². The molecular formula is C14H14Cl2FN3. The summed E-state index contributed by atoms with van der Waals surface area (Å²) in [5.41, 5.74) is 0.934. The van der Waals surface area contributed by atoms with Crippen LogP contribution in [-0.2, 0) is 6.42 Å². The molecule has 0 amide bonds. The van der Waals surface area contributed by atoms with Crippen molar-refractivity contribution >= 4 is 34.7 Å². The van der Waals surface area contributed by atoms with E-state index in [-0.39, 0.29) is 5.69 Å². The first-order valence-electron chi connectivity index (χ1n) is 6.26. The molecule has 0 aliphatic heterocycles. The van der Waals surface area contributed by atoms with Gasteiger partial charge in [-0.15, -0.1) is 0 Å². The molecule has 0 radical (unpaired) electrons. The van der Waals surface area contributed by atoms with Gasteiger partial charge in [-0.2, -0.15) is 0 Å². The topological polar surface area (TPSA) is 37.8 Å². The van der Waals surface area contributed by atoms with E-state index in [2.05, 4.69) is 15.3 Å². The molecular weight excluding hydrogens is 300 g/mol. The number of halogens is 3. The fraction of sp³-hybridized carbons (Fsp3) is 0.286. The number of rotatable bonds is 4. The first-order chi connectivity index (χ1) is 9.51. The summed E-state index contributed by atoms with van der Waals surface area (Å²) in [7, 11) is 0. The van der Waals surface area contributed by atoms with E-state index in [0.717, 1.165) is 6.42 Å². The Labute approximate surface area is 127 Å². The van der Waals surface area contributed by atoms with Crippen LogP contribution in [-0.4, -0.2) is 9.97 Å². The summed E-state index contributed by atoms with van der Waals surface area (Å²) in [4.78, 5) is 8.57. The van der Waals surface area contributed by atoms with Crippen LogP contribution in [0.4, 0.5) is 15.9 Å². The second-order valence-corrected chi connectivity index (χ2v) is 5.20. The highest BCUT2D eigenvalue weighted by Gasteiger charge is 2.11. The minimum Gasteiger partial charge on any atom is -0.337 e. The molecule has 2 rings (SSSR count). The third-order valence-electron chi connectivity index (χ3n) is 2.79. The number of aryl methyl sites for hydroxylation is 1. The van der Waals surface area contributed by atoms with Gasteiger partial charge in [0.2, 0.25) is 0 Å². The Bertz CT molecular complexity index is 632. The molecule has 0 fully saturated rings. The van der Waals surface area contributed by atoms with E-state index in [1.54, 1.807) is 6.92 Å². The van der Waals surface area contributed by atoms with Gasteiger partial charge in [-0.05, 0) is 31.5 Å². The second-order valence-electron chi connectivity index (χ2n) is 4.40. The highest BCUT2D eigenvalue weighted by atomic mass is 35.5. The zero-order valence-corrected chi connectivity index (χ0v) is 12.7. The molecule has 3 nitrogen and oxygen atoms in total. The summed E-state index contributed by atoms with van der Waals surface area (Å²) >= 11 is 12.0. The van der Waals surface area contributed by atoms with Gasteiger partial charge in [0.1, 0.15) is 22.6 Å². The van der Waals surface area contributed by atoms with Crippen LogP contribution in [0.3, 0.4) is 0 Å². The smallest absolute Gasteiger partial charge is 0.146 e. The molecule has 0 bridgehead atoms. The summed E-state index contributed by atoms with van der Waals surface area (Å²) < 4.78 is 13.7. The lowest BCUT2D eigenvalue weighted by Crippen LogP contribution is -2.04. The van der Waals surface area contributed by atoms with E-state index in [4.69, 9.17) is 23.2 Å². The largest absolute Gasteiger partial charge is 0.337 e. The fourth-order valence-electron chi connectivity index (χ4n) is 1.71. The van der Waals surface area contributed by atoms with Crippen molar-refractivity contribution in [1.82, 2.24) is 9.97 Å². The van der Waals surface area contributed by atoms with Crippen molar-refractivity contribution in [2.45, 2.75) is 26.7 Å². The quantitative estimate of drug-likeness (QED) is 0.813. The van der Waals surface area contributed by atoms with Crippen LogP contribution >= 0.6 is 23.2 Å². The van der Waals surface area contributed by atoms with Crippen LogP contribution in [0.2, 0.25) is 10.2 Å². The third-order valence-corrected chi connectivity index (χ3v) is 3.39. The summed E-state index contributed by atoms with van der Waals surface area (Å²) in [5.74, 6) is 0.725. The van der Waals surface area contributed by atoms with E-state index in [1.165, 1.54) is 18.2 Å². The maximum Gasteiger partial charge on any atom is 0.146 e. The molecule has 0 unspecified atom stereocenters.